The molecule has 0 unspecified atom stereocenters. The van der Waals surface area contributed by atoms with Gasteiger partial charge in [0, 0.05) is 19.4 Å². The van der Waals surface area contributed by atoms with Crippen LogP contribution in [-0.2, 0) is 0 Å². The molecule has 0 aliphatic rings. The molecular weight excluding hydrogens is 150 g/mol. The summed E-state index contributed by atoms with van der Waals surface area (Å²) < 4.78 is 0. The van der Waals surface area contributed by atoms with E-state index in [1.54, 1.807) is 6.20 Å². The summed E-state index contributed by atoms with van der Waals surface area (Å²) in [6.45, 7) is 5.90. The molecule has 1 rings (SSSR count). The molecule has 1 aromatic rings. The number of hydrogen-bond donors (Lipinski definition) is 2. The summed E-state index contributed by atoms with van der Waals surface area (Å²) in [6.07, 6.45) is 2.86. The van der Waals surface area contributed by atoms with Gasteiger partial charge in [0.15, 0.2) is 0 Å². The van der Waals surface area contributed by atoms with Gasteiger partial charge in [-0.05, 0) is 18.6 Å². The quantitative estimate of drug-likeness (QED) is 0.630. The molecule has 3 heteroatoms. The van der Waals surface area contributed by atoms with Gasteiger partial charge in [0.1, 0.15) is 5.82 Å². The molecule has 0 aliphatic heterocycles. The van der Waals surface area contributed by atoms with Crippen molar-refractivity contribution in [2.24, 2.45) is 0 Å². The number of pyridine rings is 1. The largest absolute Gasteiger partial charge is 0.383 e. The fraction of sp³-hybridized carbons (Fsp3) is 0.333. The number of aromatic nitrogens is 1. The van der Waals surface area contributed by atoms with E-state index in [9.17, 15) is 0 Å². The van der Waals surface area contributed by atoms with E-state index in [4.69, 9.17) is 11.1 Å². The van der Waals surface area contributed by atoms with Gasteiger partial charge in [-0.3, -0.25) is 0 Å². The molecule has 0 aromatic carbocycles. The summed E-state index contributed by atoms with van der Waals surface area (Å²) >= 11 is 0. The van der Waals surface area contributed by atoms with E-state index >= 15 is 0 Å². The molecule has 0 saturated carbocycles. The minimum atomic E-state index is 0. The number of nitrogens with one attached hydrogen (secondary N) is 1. The second kappa shape index (κ2) is 5.29. The summed E-state index contributed by atoms with van der Waals surface area (Å²) in [5.41, 5.74) is 7.17. The maximum atomic E-state index is 6.98. The summed E-state index contributed by atoms with van der Waals surface area (Å²) in [4.78, 5) is 3.84. The van der Waals surface area contributed by atoms with Crippen molar-refractivity contribution in [3.8, 4) is 0 Å². The van der Waals surface area contributed by atoms with Gasteiger partial charge in [-0.1, -0.05) is 13.8 Å². The van der Waals surface area contributed by atoms with Gasteiger partial charge < -0.3 is 11.1 Å². The van der Waals surface area contributed by atoms with E-state index in [1.807, 2.05) is 26.8 Å². The zero-order chi connectivity index (χ0) is 9.56. The Balaban J connectivity index is 0. The number of aryl methyl sites for hydroxylation is 1. The average molecular weight is 167 g/mol. The molecule has 1 heterocycles. The molecule has 0 atom stereocenters. The summed E-state index contributed by atoms with van der Waals surface area (Å²) in [5.74, 6) is 0.426. The van der Waals surface area contributed by atoms with Crippen LogP contribution in [0.4, 0.5) is 5.82 Å². The van der Waals surface area contributed by atoms with E-state index in [2.05, 4.69) is 4.98 Å². The molecule has 0 fully saturated rings. The first-order chi connectivity index (χ1) is 5.75. The van der Waals surface area contributed by atoms with Gasteiger partial charge in [0.2, 0.25) is 0 Å². The smallest absolute Gasteiger partial charge is 0.132 e. The first-order valence-electron chi connectivity index (χ1n) is 3.97. The number of nitrogen functional groups attached to an aromatic ring is 1. The van der Waals surface area contributed by atoms with Crippen molar-refractivity contribution in [2.75, 3.05) is 5.73 Å². The third-order valence-corrected chi connectivity index (χ3v) is 1.38. The van der Waals surface area contributed by atoms with Crippen LogP contribution >= 0.6 is 0 Å². The first-order valence-corrected chi connectivity index (χ1v) is 3.97. The summed E-state index contributed by atoms with van der Waals surface area (Å²) in [7, 11) is 0. The van der Waals surface area contributed by atoms with Crippen LogP contribution in [0.5, 0.6) is 0 Å². The molecule has 3 nitrogen and oxygen atoms in total. The third-order valence-electron chi connectivity index (χ3n) is 1.38. The van der Waals surface area contributed by atoms with E-state index in [0.717, 1.165) is 5.56 Å². The Morgan fingerprint density at radius 2 is 2.17 bits per heavy atom. The number of hydrogen-bond acceptors (Lipinski definition) is 3. The van der Waals surface area contributed by atoms with Gasteiger partial charge in [-0.15, -0.1) is 0 Å². The Morgan fingerprint density at radius 1 is 1.58 bits per heavy atom. The van der Waals surface area contributed by atoms with Crippen LogP contribution in [-0.4, -0.2) is 11.2 Å². The third kappa shape index (κ3) is 2.34. The molecule has 68 valence electrons. The number of anilines is 1. The van der Waals surface area contributed by atoms with Crippen molar-refractivity contribution < 1.29 is 1.43 Å². The molecule has 0 saturated heterocycles. The summed E-state index contributed by atoms with van der Waals surface area (Å²) in [5, 5.41) is 6.98. The van der Waals surface area contributed by atoms with E-state index < -0.39 is 0 Å². The monoisotopic (exact) mass is 167 g/mol. The predicted molar refractivity (Wildman–Crippen MR) is 54.7 cm³/mol. The van der Waals surface area contributed by atoms with Crippen molar-refractivity contribution in [3.05, 3.63) is 23.4 Å². The highest BCUT2D eigenvalue weighted by Crippen LogP contribution is 2.09. The first kappa shape index (κ1) is 10.6. The van der Waals surface area contributed by atoms with E-state index in [0.29, 0.717) is 11.4 Å². The van der Waals surface area contributed by atoms with Crippen LogP contribution in [0.1, 0.15) is 26.4 Å². The van der Waals surface area contributed by atoms with Gasteiger partial charge >= 0.3 is 0 Å². The highest BCUT2D eigenvalue weighted by Gasteiger charge is 1.97. The lowest BCUT2D eigenvalue weighted by Crippen LogP contribution is -1.97. The standard InChI is InChI=1S/C7H9N3.C2H6.H2/c1-5-2-3-10-7(9)6(5)4-8;1-2;/h2-4,8H,1H3,(H2,9,10);1-2H3;1H. The van der Waals surface area contributed by atoms with Crippen molar-refractivity contribution in [3.63, 3.8) is 0 Å². The molecular formula is C9H17N3. The van der Waals surface area contributed by atoms with Gasteiger partial charge in [-0.2, -0.15) is 0 Å². The molecule has 12 heavy (non-hydrogen) atoms. The van der Waals surface area contributed by atoms with E-state index in [1.165, 1.54) is 6.21 Å². The Kier molecular flexibility index (Phi) is 4.69. The molecule has 0 radical (unpaired) electrons. The minimum Gasteiger partial charge on any atom is -0.383 e. The zero-order valence-corrected chi connectivity index (χ0v) is 7.76. The molecule has 0 aliphatic carbocycles. The maximum absolute atomic E-state index is 6.98. The Hall–Kier alpha value is -1.38. The lowest BCUT2D eigenvalue weighted by atomic mass is 10.1. The highest BCUT2D eigenvalue weighted by molar-refractivity contribution is 5.85. The fourth-order valence-corrected chi connectivity index (χ4v) is 0.778. The predicted octanol–water partition coefficient (Wildman–Crippen LogP) is 2.24. The van der Waals surface area contributed by atoms with Crippen molar-refractivity contribution in [2.45, 2.75) is 20.8 Å². The van der Waals surface area contributed by atoms with Crippen LogP contribution in [0, 0.1) is 12.3 Å². The SMILES string of the molecule is CC.Cc1ccnc(N)c1C=N.[HH]. The number of rotatable bonds is 1. The minimum absolute atomic E-state index is 0. The molecule has 0 bridgehead atoms. The van der Waals surface area contributed by atoms with Gasteiger partial charge in [0.25, 0.3) is 0 Å². The van der Waals surface area contributed by atoms with Gasteiger partial charge in [-0.25, -0.2) is 4.98 Å². The van der Waals surface area contributed by atoms with E-state index in [-0.39, 0.29) is 1.43 Å². The van der Waals surface area contributed by atoms with Crippen molar-refractivity contribution in [1.29, 1.82) is 5.41 Å². The lowest BCUT2D eigenvalue weighted by molar-refractivity contribution is 1.28. The number of nitrogens with two attached hydrogens (primary N) is 1. The molecule has 1 aromatic heterocycles. The zero-order valence-electron chi connectivity index (χ0n) is 7.76. The summed E-state index contributed by atoms with van der Waals surface area (Å²) in [6, 6.07) is 1.83. The molecule has 0 amide bonds. The second-order valence-corrected chi connectivity index (χ2v) is 2.07. The average Bonchev–Trinajstić information content (AvgIpc) is 2.08. The van der Waals surface area contributed by atoms with Crippen LogP contribution in [0.3, 0.4) is 0 Å². The number of nitrogens with zero attached hydrogens (tertiary/aromatic N) is 1. The van der Waals surface area contributed by atoms with Gasteiger partial charge in [0.05, 0.1) is 0 Å². The van der Waals surface area contributed by atoms with Crippen LogP contribution < -0.4 is 5.73 Å². The van der Waals surface area contributed by atoms with Crippen LogP contribution in [0.15, 0.2) is 12.3 Å². The second-order valence-electron chi connectivity index (χ2n) is 2.07. The Bertz CT molecular complexity index is 241. The van der Waals surface area contributed by atoms with Crippen molar-refractivity contribution in [1.82, 2.24) is 4.98 Å². The van der Waals surface area contributed by atoms with Crippen molar-refractivity contribution >= 4 is 12.0 Å². The normalized spacial score (nSPS) is 8.25. The Labute approximate surface area is 74.6 Å². The fourth-order valence-electron chi connectivity index (χ4n) is 0.778. The van der Waals surface area contributed by atoms with Crippen LogP contribution in [0.25, 0.3) is 0 Å². The maximum Gasteiger partial charge on any atom is 0.132 e. The topological polar surface area (TPSA) is 62.8 Å². The highest BCUT2D eigenvalue weighted by atomic mass is 14.8. The lowest BCUT2D eigenvalue weighted by Gasteiger charge is -1.99. The molecule has 3 N–H and O–H groups in total. The van der Waals surface area contributed by atoms with Crippen LogP contribution in [0.2, 0.25) is 0 Å². The Morgan fingerprint density at radius 3 is 2.50 bits per heavy atom. The molecule has 0 spiro atoms.